The Kier molecular flexibility index (Phi) is 5.01. The molecule has 0 radical (unpaired) electrons. The second-order valence-electron chi connectivity index (χ2n) is 9.04. The molecule has 0 spiro atoms. The van der Waals surface area contributed by atoms with Crippen LogP contribution in [0.15, 0.2) is 18.2 Å². The zero-order chi connectivity index (χ0) is 18.3. The van der Waals surface area contributed by atoms with Crippen molar-refractivity contribution in [1.82, 2.24) is 0 Å². The molecule has 134 valence electrons. The molecule has 24 heavy (non-hydrogen) atoms. The zero-order valence-corrected chi connectivity index (χ0v) is 15.8. The summed E-state index contributed by atoms with van der Waals surface area (Å²) >= 11 is 0. The molecule has 1 amide bonds. The summed E-state index contributed by atoms with van der Waals surface area (Å²) in [7, 11) is 0. The van der Waals surface area contributed by atoms with Crippen LogP contribution in [0.25, 0.3) is 0 Å². The number of nitrogens with zero attached hydrogens (tertiary/aromatic N) is 1. The van der Waals surface area contributed by atoms with E-state index in [-0.39, 0.29) is 5.41 Å². The Balaban J connectivity index is 2.48. The third kappa shape index (κ3) is 4.29. The molecule has 2 rings (SSSR count). The number of rotatable bonds is 4. The van der Waals surface area contributed by atoms with Gasteiger partial charge in [-0.1, -0.05) is 32.9 Å². The van der Waals surface area contributed by atoms with Crippen LogP contribution in [0.3, 0.4) is 0 Å². The van der Waals surface area contributed by atoms with Gasteiger partial charge in [0, 0.05) is 12.0 Å². The van der Waals surface area contributed by atoms with Gasteiger partial charge in [-0.05, 0) is 62.1 Å². The van der Waals surface area contributed by atoms with Crippen LogP contribution in [-0.4, -0.2) is 27.9 Å². The van der Waals surface area contributed by atoms with Gasteiger partial charge in [-0.3, -0.25) is 4.90 Å². The van der Waals surface area contributed by atoms with Gasteiger partial charge in [0.15, 0.2) is 0 Å². The maximum Gasteiger partial charge on any atom is 0.412 e. The first-order valence-electron chi connectivity index (χ1n) is 8.75. The molecule has 1 fully saturated rings. The zero-order valence-electron chi connectivity index (χ0n) is 15.8. The van der Waals surface area contributed by atoms with Gasteiger partial charge in [-0.15, -0.1) is 0 Å². The molecule has 1 aromatic carbocycles. The molecule has 1 aromatic rings. The number of amides is 1. The van der Waals surface area contributed by atoms with E-state index in [2.05, 4.69) is 6.07 Å². The van der Waals surface area contributed by atoms with E-state index in [0.717, 1.165) is 5.56 Å². The van der Waals surface area contributed by atoms with Crippen molar-refractivity contribution < 1.29 is 15.0 Å². The topological polar surface area (TPSA) is 60.8 Å². The van der Waals surface area contributed by atoms with Crippen LogP contribution < -0.4 is 4.90 Å². The van der Waals surface area contributed by atoms with Crippen molar-refractivity contribution in [3.05, 3.63) is 29.3 Å². The van der Waals surface area contributed by atoms with E-state index in [1.165, 1.54) is 23.3 Å². The average Bonchev–Trinajstić information content (AvgIpc) is 3.21. The van der Waals surface area contributed by atoms with Gasteiger partial charge < -0.3 is 10.2 Å². The molecular formula is C20H31NO3. The Labute approximate surface area is 145 Å². The largest absolute Gasteiger partial charge is 0.465 e. The number of aliphatic hydroxyl groups excluding tert-OH is 1. The summed E-state index contributed by atoms with van der Waals surface area (Å²) < 4.78 is 0. The van der Waals surface area contributed by atoms with Crippen molar-refractivity contribution in [1.29, 1.82) is 0 Å². The molecule has 1 aliphatic rings. The number of carboxylic acid groups (broad SMARTS) is 1. The van der Waals surface area contributed by atoms with Crippen molar-refractivity contribution in [2.45, 2.75) is 78.4 Å². The fraction of sp³-hybridized carbons (Fsp3) is 0.650. The lowest BCUT2D eigenvalue weighted by Gasteiger charge is -2.36. The number of carbonyl (C=O) groups is 1. The van der Waals surface area contributed by atoms with Gasteiger partial charge in [0.05, 0.1) is 11.8 Å². The van der Waals surface area contributed by atoms with Crippen LogP contribution in [0.4, 0.5) is 10.5 Å². The van der Waals surface area contributed by atoms with Gasteiger partial charge in [-0.2, -0.15) is 0 Å². The molecule has 0 aromatic heterocycles. The third-order valence-electron chi connectivity index (χ3n) is 4.67. The van der Waals surface area contributed by atoms with Crippen LogP contribution in [0.1, 0.15) is 71.4 Å². The average molecular weight is 333 g/mol. The third-order valence-corrected chi connectivity index (χ3v) is 4.67. The Bertz CT molecular complexity index is 606. The van der Waals surface area contributed by atoms with Gasteiger partial charge in [0.1, 0.15) is 0 Å². The fourth-order valence-electron chi connectivity index (χ4n) is 2.90. The summed E-state index contributed by atoms with van der Waals surface area (Å²) in [5, 5.41) is 20.3. The summed E-state index contributed by atoms with van der Waals surface area (Å²) in [6.07, 6.45) is 1.31. The van der Waals surface area contributed by atoms with Gasteiger partial charge in [-0.25, -0.2) is 4.79 Å². The minimum absolute atomic E-state index is 0.248. The molecule has 0 saturated heterocycles. The molecule has 1 saturated carbocycles. The Morgan fingerprint density at radius 1 is 1.21 bits per heavy atom. The van der Waals surface area contributed by atoms with E-state index in [0.29, 0.717) is 18.0 Å². The van der Waals surface area contributed by atoms with Crippen molar-refractivity contribution >= 4 is 11.8 Å². The van der Waals surface area contributed by atoms with E-state index >= 15 is 0 Å². The maximum atomic E-state index is 11.9. The molecule has 4 heteroatoms. The van der Waals surface area contributed by atoms with Gasteiger partial charge >= 0.3 is 6.09 Å². The highest BCUT2D eigenvalue weighted by molar-refractivity contribution is 5.89. The normalized spacial score (nSPS) is 16.8. The lowest BCUT2D eigenvalue weighted by atomic mass is 9.84. The smallest absolute Gasteiger partial charge is 0.412 e. The lowest BCUT2D eigenvalue weighted by molar-refractivity contribution is 0.0636. The number of aliphatic hydroxyl groups is 1. The van der Waals surface area contributed by atoms with Crippen LogP contribution in [-0.2, 0) is 6.42 Å². The summed E-state index contributed by atoms with van der Waals surface area (Å²) in [5.41, 5.74) is 2.01. The lowest BCUT2D eigenvalue weighted by Crippen LogP contribution is -2.46. The number of anilines is 1. The minimum atomic E-state index is -0.957. The van der Waals surface area contributed by atoms with E-state index in [4.69, 9.17) is 0 Å². The first kappa shape index (κ1) is 18.8. The minimum Gasteiger partial charge on any atom is -0.465 e. The monoisotopic (exact) mass is 333 g/mol. The molecule has 0 aliphatic heterocycles. The maximum absolute atomic E-state index is 11.9. The van der Waals surface area contributed by atoms with Crippen LogP contribution in [0.5, 0.6) is 0 Å². The predicted octanol–water partition coefficient (Wildman–Crippen LogP) is 4.80. The quantitative estimate of drug-likeness (QED) is 0.832. The standard InChI is InChI=1S/C20H31NO3/c1-19(2,3)17(22)12-15-10-9-14(13-7-8-13)11-16(15)21(18(23)24)20(4,5)6/h9-11,13,17,22H,7-8,12H2,1-6H3,(H,23,24). The Hall–Kier alpha value is -1.55. The summed E-state index contributed by atoms with van der Waals surface area (Å²) in [5.74, 6) is 0.556. The molecular weight excluding hydrogens is 302 g/mol. The predicted molar refractivity (Wildman–Crippen MR) is 97.8 cm³/mol. The molecule has 1 unspecified atom stereocenters. The molecule has 4 nitrogen and oxygen atoms in total. The first-order valence-corrected chi connectivity index (χ1v) is 8.75. The van der Waals surface area contributed by atoms with E-state index < -0.39 is 17.7 Å². The Morgan fingerprint density at radius 3 is 2.21 bits per heavy atom. The molecule has 1 atom stereocenters. The van der Waals surface area contributed by atoms with Crippen LogP contribution >= 0.6 is 0 Å². The van der Waals surface area contributed by atoms with Crippen molar-refractivity contribution in [2.24, 2.45) is 5.41 Å². The fourth-order valence-corrected chi connectivity index (χ4v) is 2.90. The summed E-state index contributed by atoms with van der Waals surface area (Å²) in [6.45, 7) is 11.7. The highest BCUT2D eigenvalue weighted by Crippen LogP contribution is 2.43. The number of hydrogen-bond donors (Lipinski definition) is 2. The number of hydrogen-bond acceptors (Lipinski definition) is 2. The van der Waals surface area contributed by atoms with Crippen LogP contribution in [0.2, 0.25) is 0 Å². The molecule has 2 N–H and O–H groups in total. The van der Waals surface area contributed by atoms with E-state index in [9.17, 15) is 15.0 Å². The highest BCUT2D eigenvalue weighted by Gasteiger charge is 2.33. The Morgan fingerprint density at radius 2 is 1.79 bits per heavy atom. The SMILES string of the molecule is CC(C)(C)C(O)Cc1ccc(C2CC2)cc1N(C(=O)O)C(C)(C)C. The van der Waals surface area contributed by atoms with Crippen molar-refractivity contribution in [3.63, 3.8) is 0 Å². The molecule has 0 heterocycles. The number of benzene rings is 1. The second-order valence-corrected chi connectivity index (χ2v) is 9.04. The van der Waals surface area contributed by atoms with E-state index in [1.54, 1.807) is 0 Å². The van der Waals surface area contributed by atoms with Gasteiger partial charge in [0.2, 0.25) is 0 Å². The summed E-state index contributed by atoms with van der Waals surface area (Å²) in [6, 6.07) is 6.11. The molecule has 0 bridgehead atoms. The first-order chi connectivity index (χ1) is 10.9. The highest BCUT2D eigenvalue weighted by atomic mass is 16.4. The van der Waals surface area contributed by atoms with E-state index in [1.807, 2.05) is 53.7 Å². The second kappa shape index (κ2) is 6.40. The van der Waals surface area contributed by atoms with Crippen LogP contribution in [0, 0.1) is 5.41 Å². The molecule has 1 aliphatic carbocycles. The van der Waals surface area contributed by atoms with Crippen molar-refractivity contribution in [2.75, 3.05) is 4.90 Å². The van der Waals surface area contributed by atoms with Gasteiger partial charge in [0.25, 0.3) is 0 Å². The summed E-state index contributed by atoms with van der Waals surface area (Å²) in [4.78, 5) is 13.4. The van der Waals surface area contributed by atoms with Crippen molar-refractivity contribution in [3.8, 4) is 0 Å².